The van der Waals surface area contributed by atoms with Gasteiger partial charge in [0.25, 0.3) is 0 Å². The summed E-state index contributed by atoms with van der Waals surface area (Å²) in [6.45, 7) is 11.6. The number of benzene rings is 1. The van der Waals surface area contributed by atoms with E-state index in [4.69, 9.17) is 9.73 Å². The molecule has 0 atom stereocenters. The van der Waals surface area contributed by atoms with Crippen LogP contribution in [-0.4, -0.2) is 50.3 Å². The number of morpholine rings is 1. The van der Waals surface area contributed by atoms with E-state index in [1.54, 1.807) is 0 Å². The van der Waals surface area contributed by atoms with Crippen LogP contribution in [0.25, 0.3) is 0 Å². The van der Waals surface area contributed by atoms with Gasteiger partial charge in [-0.05, 0) is 24.5 Å². The zero-order valence-electron chi connectivity index (χ0n) is 15.6. The molecule has 1 aromatic carbocycles. The largest absolute Gasteiger partial charge is 0.379 e. The molecular formula is C19H33IN4O. The average Bonchev–Trinajstić information content (AvgIpc) is 2.61. The van der Waals surface area contributed by atoms with Crippen molar-refractivity contribution < 1.29 is 4.74 Å². The maximum absolute atomic E-state index is 5.42. The molecule has 0 unspecified atom stereocenters. The van der Waals surface area contributed by atoms with Gasteiger partial charge in [-0.1, -0.05) is 37.6 Å². The molecule has 0 aromatic heterocycles. The van der Waals surface area contributed by atoms with E-state index in [9.17, 15) is 0 Å². The van der Waals surface area contributed by atoms with Crippen molar-refractivity contribution in [1.29, 1.82) is 0 Å². The zero-order valence-corrected chi connectivity index (χ0v) is 17.9. The molecule has 5 nitrogen and oxygen atoms in total. The maximum atomic E-state index is 5.42. The summed E-state index contributed by atoms with van der Waals surface area (Å²) < 4.78 is 5.42. The molecule has 0 bridgehead atoms. The van der Waals surface area contributed by atoms with E-state index in [-0.39, 0.29) is 24.0 Å². The Balaban J connectivity index is 0.00000312. The van der Waals surface area contributed by atoms with E-state index in [0.717, 1.165) is 51.9 Å². The van der Waals surface area contributed by atoms with Crippen molar-refractivity contribution in [2.45, 2.75) is 39.8 Å². The van der Waals surface area contributed by atoms with E-state index in [0.29, 0.717) is 6.54 Å². The number of guanidine groups is 1. The predicted octanol–water partition coefficient (Wildman–Crippen LogP) is 2.99. The molecule has 1 heterocycles. The van der Waals surface area contributed by atoms with Gasteiger partial charge in [0.15, 0.2) is 5.96 Å². The van der Waals surface area contributed by atoms with Crippen LogP contribution in [-0.2, 0) is 17.8 Å². The van der Waals surface area contributed by atoms with Crippen LogP contribution in [0, 0.1) is 0 Å². The minimum atomic E-state index is 0. The molecule has 1 aliphatic rings. The number of halogens is 1. The quantitative estimate of drug-likeness (QED) is 0.271. The molecule has 1 saturated heterocycles. The Kier molecular flexibility index (Phi) is 11.9. The molecule has 142 valence electrons. The second-order valence-corrected chi connectivity index (χ2v) is 6.18. The first-order valence-electron chi connectivity index (χ1n) is 9.22. The third-order valence-electron chi connectivity index (χ3n) is 4.09. The highest BCUT2D eigenvalue weighted by atomic mass is 127. The fourth-order valence-electron chi connectivity index (χ4n) is 2.74. The number of rotatable bonds is 8. The smallest absolute Gasteiger partial charge is 0.191 e. The van der Waals surface area contributed by atoms with Crippen LogP contribution in [0.1, 0.15) is 37.8 Å². The second kappa shape index (κ2) is 13.4. The molecule has 1 aliphatic heterocycles. The molecule has 0 radical (unpaired) electrons. The lowest BCUT2D eigenvalue weighted by molar-refractivity contribution is 0.0342. The Bertz CT molecular complexity index is 504. The molecule has 2 rings (SSSR count). The van der Waals surface area contributed by atoms with Gasteiger partial charge in [0.05, 0.1) is 19.8 Å². The first kappa shape index (κ1) is 22.2. The summed E-state index contributed by atoms with van der Waals surface area (Å²) in [7, 11) is 0. The predicted molar refractivity (Wildman–Crippen MR) is 116 cm³/mol. The minimum absolute atomic E-state index is 0. The summed E-state index contributed by atoms with van der Waals surface area (Å²) in [5, 5.41) is 6.70. The van der Waals surface area contributed by atoms with Gasteiger partial charge >= 0.3 is 0 Å². The molecule has 1 fully saturated rings. The van der Waals surface area contributed by atoms with Gasteiger partial charge in [0.1, 0.15) is 0 Å². The van der Waals surface area contributed by atoms with Crippen LogP contribution >= 0.6 is 24.0 Å². The van der Waals surface area contributed by atoms with Crippen LogP contribution < -0.4 is 10.6 Å². The molecule has 0 amide bonds. The summed E-state index contributed by atoms with van der Waals surface area (Å²) in [6, 6.07) is 8.77. The number of unbranched alkanes of at least 4 members (excludes halogenated alkanes) is 1. The van der Waals surface area contributed by atoms with Crippen LogP contribution in [0.4, 0.5) is 0 Å². The van der Waals surface area contributed by atoms with Crippen LogP contribution in [0.15, 0.2) is 29.3 Å². The van der Waals surface area contributed by atoms with Crippen molar-refractivity contribution in [3.8, 4) is 0 Å². The Labute approximate surface area is 169 Å². The van der Waals surface area contributed by atoms with E-state index in [2.05, 4.69) is 53.6 Å². The number of nitrogens with zero attached hydrogens (tertiary/aromatic N) is 2. The number of hydrogen-bond donors (Lipinski definition) is 2. The Morgan fingerprint density at radius 2 is 1.92 bits per heavy atom. The number of hydrogen-bond acceptors (Lipinski definition) is 3. The van der Waals surface area contributed by atoms with Crippen LogP contribution in [0.3, 0.4) is 0 Å². The van der Waals surface area contributed by atoms with E-state index in [1.807, 2.05) is 0 Å². The summed E-state index contributed by atoms with van der Waals surface area (Å²) in [5.41, 5.74) is 2.61. The van der Waals surface area contributed by atoms with Gasteiger partial charge < -0.3 is 15.4 Å². The first-order valence-corrected chi connectivity index (χ1v) is 9.22. The number of ether oxygens (including phenoxy) is 1. The Morgan fingerprint density at radius 1 is 1.16 bits per heavy atom. The number of nitrogens with one attached hydrogen (secondary N) is 2. The molecule has 0 saturated carbocycles. The van der Waals surface area contributed by atoms with Gasteiger partial charge in [-0.2, -0.15) is 0 Å². The highest BCUT2D eigenvalue weighted by molar-refractivity contribution is 14.0. The van der Waals surface area contributed by atoms with Crippen molar-refractivity contribution in [3.63, 3.8) is 0 Å². The normalized spacial score (nSPS) is 15.5. The fraction of sp³-hybridized carbons (Fsp3) is 0.632. The van der Waals surface area contributed by atoms with Crippen LogP contribution in [0.2, 0.25) is 0 Å². The Morgan fingerprint density at radius 3 is 2.64 bits per heavy atom. The highest BCUT2D eigenvalue weighted by Gasteiger charge is 2.10. The van der Waals surface area contributed by atoms with Crippen molar-refractivity contribution in [2.24, 2.45) is 4.99 Å². The average molecular weight is 460 g/mol. The van der Waals surface area contributed by atoms with E-state index in [1.165, 1.54) is 24.0 Å². The molecular weight excluding hydrogens is 427 g/mol. The SMILES string of the molecule is CCCCNC(=NCc1cccc(CN2CCOCC2)c1)NCC.I. The van der Waals surface area contributed by atoms with Crippen LogP contribution in [0.5, 0.6) is 0 Å². The minimum Gasteiger partial charge on any atom is -0.379 e. The second-order valence-electron chi connectivity index (χ2n) is 6.18. The highest BCUT2D eigenvalue weighted by Crippen LogP contribution is 2.10. The maximum Gasteiger partial charge on any atom is 0.191 e. The molecule has 0 aliphatic carbocycles. The molecule has 2 N–H and O–H groups in total. The third-order valence-corrected chi connectivity index (χ3v) is 4.09. The van der Waals surface area contributed by atoms with Crippen molar-refractivity contribution in [3.05, 3.63) is 35.4 Å². The fourth-order valence-corrected chi connectivity index (χ4v) is 2.74. The zero-order chi connectivity index (χ0) is 17.0. The van der Waals surface area contributed by atoms with Crippen molar-refractivity contribution in [2.75, 3.05) is 39.4 Å². The molecule has 6 heteroatoms. The summed E-state index contributed by atoms with van der Waals surface area (Å²) >= 11 is 0. The van der Waals surface area contributed by atoms with Gasteiger partial charge in [-0.3, -0.25) is 4.90 Å². The molecule has 25 heavy (non-hydrogen) atoms. The van der Waals surface area contributed by atoms with E-state index < -0.39 is 0 Å². The van der Waals surface area contributed by atoms with Gasteiger partial charge in [-0.25, -0.2) is 4.99 Å². The summed E-state index contributed by atoms with van der Waals surface area (Å²) in [5.74, 6) is 0.907. The molecule has 1 aromatic rings. The lowest BCUT2D eigenvalue weighted by Gasteiger charge is -2.26. The lowest BCUT2D eigenvalue weighted by atomic mass is 10.1. The standard InChI is InChI=1S/C19H32N4O.HI/c1-3-5-9-21-19(20-4-2)22-15-17-7-6-8-18(14-17)16-23-10-12-24-13-11-23;/h6-8,14H,3-5,9-13,15-16H2,1-2H3,(H2,20,21,22);1H. The first-order chi connectivity index (χ1) is 11.8. The van der Waals surface area contributed by atoms with Gasteiger partial charge in [0, 0.05) is 32.7 Å². The third kappa shape index (κ3) is 8.87. The lowest BCUT2D eigenvalue weighted by Crippen LogP contribution is -2.37. The molecule has 0 spiro atoms. The Hall–Kier alpha value is -0.860. The summed E-state index contributed by atoms with van der Waals surface area (Å²) in [6.07, 6.45) is 2.36. The van der Waals surface area contributed by atoms with Crippen molar-refractivity contribution in [1.82, 2.24) is 15.5 Å². The van der Waals surface area contributed by atoms with Gasteiger partial charge in [-0.15, -0.1) is 24.0 Å². The topological polar surface area (TPSA) is 48.9 Å². The van der Waals surface area contributed by atoms with Gasteiger partial charge in [0.2, 0.25) is 0 Å². The summed E-state index contributed by atoms with van der Waals surface area (Å²) in [4.78, 5) is 7.15. The van der Waals surface area contributed by atoms with E-state index >= 15 is 0 Å². The monoisotopic (exact) mass is 460 g/mol. The van der Waals surface area contributed by atoms with Crippen molar-refractivity contribution >= 4 is 29.9 Å². The number of aliphatic imine (C=N–C) groups is 1.